The number of fused-ring (bicyclic) bond motifs is 1. The lowest BCUT2D eigenvalue weighted by atomic mass is 10.1. The van der Waals surface area contributed by atoms with Gasteiger partial charge in [0.25, 0.3) is 0 Å². The van der Waals surface area contributed by atoms with Crippen LogP contribution >= 0.6 is 23.2 Å². The van der Waals surface area contributed by atoms with Gasteiger partial charge in [0, 0.05) is 17.7 Å². The summed E-state index contributed by atoms with van der Waals surface area (Å²) in [6.45, 7) is 1.93. The van der Waals surface area contributed by atoms with E-state index in [9.17, 15) is 9.90 Å². The minimum absolute atomic E-state index is 0.0394. The molecular weight excluding hydrogens is 311 g/mol. The van der Waals surface area contributed by atoms with Crippen molar-refractivity contribution in [1.82, 2.24) is 0 Å². The van der Waals surface area contributed by atoms with Gasteiger partial charge in [0.2, 0.25) is 0 Å². The van der Waals surface area contributed by atoms with Crippen LogP contribution in [0.3, 0.4) is 0 Å². The highest BCUT2D eigenvalue weighted by molar-refractivity contribution is 6.40. The molecule has 0 saturated heterocycles. The van der Waals surface area contributed by atoms with E-state index >= 15 is 0 Å². The molecule has 21 heavy (non-hydrogen) atoms. The summed E-state index contributed by atoms with van der Waals surface area (Å²) in [7, 11) is 0. The Morgan fingerprint density at radius 3 is 2.57 bits per heavy atom. The molecule has 106 valence electrons. The first-order chi connectivity index (χ1) is 9.99. The zero-order valence-corrected chi connectivity index (χ0v) is 12.5. The molecule has 0 radical (unpaired) electrons. The van der Waals surface area contributed by atoms with E-state index < -0.39 is 0 Å². The van der Waals surface area contributed by atoms with E-state index in [-0.39, 0.29) is 32.2 Å². The van der Waals surface area contributed by atoms with Gasteiger partial charge in [0.1, 0.15) is 11.3 Å². The summed E-state index contributed by atoms with van der Waals surface area (Å²) < 4.78 is 5.75. The molecule has 3 nitrogen and oxygen atoms in total. The second-order valence-electron chi connectivity index (χ2n) is 4.68. The van der Waals surface area contributed by atoms with Gasteiger partial charge in [-0.1, -0.05) is 47.5 Å². The third-order valence-corrected chi connectivity index (χ3v) is 3.95. The van der Waals surface area contributed by atoms with Crippen LogP contribution in [-0.4, -0.2) is 5.11 Å². The quantitative estimate of drug-likeness (QED) is 0.701. The Kier molecular flexibility index (Phi) is 3.40. The lowest BCUT2D eigenvalue weighted by molar-refractivity contribution is 0.476. The SMILES string of the molecule is Cc1ccccc1-c1cc(=O)c2c(Cl)c(O)c(Cl)cc2o1. The molecule has 0 atom stereocenters. The highest BCUT2D eigenvalue weighted by Gasteiger charge is 2.16. The fourth-order valence-corrected chi connectivity index (χ4v) is 2.75. The molecule has 0 amide bonds. The van der Waals surface area contributed by atoms with E-state index in [1.807, 2.05) is 31.2 Å². The zero-order chi connectivity index (χ0) is 15.1. The average Bonchev–Trinajstić information content (AvgIpc) is 2.44. The summed E-state index contributed by atoms with van der Waals surface area (Å²) in [5.74, 6) is 0.116. The van der Waals surface area contributed by atoms with Crippen LogP contribution in [0, 0.1) is 6.92 Å². The van der Waals surface area contributed by atoms with Crippen molar-refractivity contribution in [3.8, 4) is 17.1 Å². The Morgan fingerprint density at radius 1 is 1.14 bits per heavy atom. The van der Waals surface area contributed by atoms with E-state index in [1.54, 1.807) is 0 Å². The van der Waals surface area contributed by atoms with Crippen LogP contribution in [0.2, 0.25) is 10.0 Å². The van der Waals surface area contributed by atoms with Gasteiger partial charge in [-0.3, -0.25) is 4.79 Å². The van der Waals surface area contributed by atoms with Crippen LogP contribution in [0.4, 0.5) is 0 Å². The van der Waals surface area contributed by atoms with Gasteiger partial charge in [-0.15, -0.1) is 0 Å². The molecule has 1 aromatic heterocycles. The first-order valence-corrected chi connectivity index (χ1v) is 6.95. The van der Waals surface area contributed by atoms with Crippen molar-refractivity contribution in [2.45, 2.75) is 6.92 Å². The normalized spacial score (nSPS) is 11.0. The minimum atomic E-state index is -0.327. The fraction of sp³-hybridized carbons (Fsp3) is 0.0625. The molecule has 2 aromatic carbocycles. The monoisotopic (exact) mass is 320 g/mol. The summed E-state index contributed by atoms with van der Waals surface area (Å²) in [4.78, 5) is 12.3. The Hall–Kier alpha value is -1.97. The molecule has 0 spiro atoms. The molecule has 3 rings (SSSR count). The summed E-state index contributed by atoms with van der Waals surface area (Å²) in [6.07, 6.45) is 0. The predicted molar refractivity (Wildman–Crippen MR) is 84.3 cm³/mol. The highest BCUT2D eigenvalue weighted by Crippen LogP contribution is 2.38. The number of aromatic hydroxyl groups is 1. The van der Waals surface area contributed by atoms with Crippen LogP contribution < -0.4 is 5.43 Å². The number of rotatable bonds is 1. The van der Waals surface area contributed by atoms with E-state index in [0.29, 0.717) is 5.76 Å². The van der Waals surface area contributed by atoms with E-state index in [1.165, 1.54) is 12.1 Å². The largest absolute Gasteiger partial charge is 0.505 e. The first-order valence-electron chi connectivity index (χ1n) is 6.20. The standard InChI is InChI=1S/C16H10Cl2O3/c1-8-4-2-3-5-9(8)12-7-11(19)14-13(21-12)6-10(17)16(20)15(14)18/h2-7,20H,1H3. The fourth-order valence-electron chi connectivity index (χ4n) is 2.22. The van der Waals surface area contributed by atoms with Crippen molar-refractivity contribution in [3.05, 3.63) is 62.2 Å². The van der Waals surface area contributed by atoms with Crippen LogP contribution in [0.25, 0.3) is 22.3 Å². The molecule has 0 aliphatic rings. The first kappa shape index (κ1) is 14.0. The number of phenolic OH excluding ortho intramolecular Hbond substituents is 1. The van der Waals surface area contributed by atoms with E-state index in [2.05, 4.69) is 0 Å². The summed E-state index contributed by atoms with van der Waals surface area (Å²) in [5, 5.41) is 9.78. The third-order valence-electron chi connectivity index (χ3n) is 3.30. The maximum Gasteiger partial charge on any atom is 0.194 e. The van der Waals surface area contributed by atoms with E-state index in [4.69, 9.17) is 27.6 Å². The lowest BCUT2D eigenvalue weighted by Crippen LogP contribution is -2.02. The second kappa shape index (κ2) is 5.10. The smallest absolute Gasteiger partial charge is 0.194 e. The number of hydrogen-bond donors (Lipinski definition) is 1. The van der Waals surface area contributed by atoms with E-state index in [0.717, 1.165) is 11.1 Å². The number of aryl methyl sites for hydroxylation is 1. The van der Waals surface area contributed by atoms with Gasteiger partial charge in [0.05, 0.1) is 15.4 Å². The molecule has 3 aromatic rings. The molecule has 0 fully saturated rings. The summed E-state index contributed by atoms with van der Waals surface area (Å²) in [5.41, 5.74) is 1.72. The van der Waals surface area contributed by atoms with Gasteiger partial charge in [-0.2, -0.15) is 0 Å². The number of halogens is 2. The molecule has 0 unspecified atom stereocenters. The second-order valence-corrected chi connectivity index (χ2v) is 5.47. The van der Waals surface area contributed by atoms with Crippen molar-refractivity contribution in [3.63, 3.8) is 0 Å². The van der Waals surface area contributed by atoms with Crippen molar-refractivity contribution in [2.24, 2.45) is 0 Å². The summed E-state index contributed by atoms with van der Waals surface area (Å²) in [6, 6.07) is 10.3. The number of phenols is 1. The minimum Gasteiger partial charge on any atom is -0.505 e. The predicted octanol–water partition coefficient (Wildman–Crippen LogP) is 4.78. The zero-order valence-electron chi connectivity index (χ0n) is 11.0. The Bertz CT molecular complexity index is 913. The van der Waals surface area contributed by atoms with Gasteiger partial charge < -0.3 is 9.52 Å². The molecular formula is C16H10Cl2O3. The van der Waals surface area contributed by atoms with Crippen LogP contribution in [-0.2, 0) is 0 Å². The Labute approximate surface area is 130 Å². The van der Waals surface area contributed by atoms with Gasteiger partial charge in [-0.25, -0.2) is 0 Å². The molecule has 5 heteroatoms. The number of benzene rings is 2. The molecule has 0 saturated carbocycles. The highest BCUT2D eigenvalue weighted by atomic mass is 35.5. The van der Waals surface area contributed by atoms with Crippen molar-refractivity contribution >= 4 is 34.2 Å². The van der Waals surface area contributed by atoms with Gasteiger partial charge in [-0.05, 0) is 12.5 Å². The third kappa shape index (κ3) is 2.28. The Balaban J connectivity index is 2.38. The molecule has 0 aliphatic carbocycles. The average molecular weight is 321 g/mol. The van der Waals surface area contributed by atoms with Crippen LogP contribution in [0.1, 0.15) is 5.56 Å². The summed E-state index contributed by atoms with van der Waals surface area (Å²) >= 11 is 11.9. The molecule has 0 aliphatic heterocycles. The van der Waals surface area contributed by atoms with Crippen molar-refractivity contribution in [2.75, 3.05) is 0 Å². The number of hydrogen-bond acceptors (Lipinski definition) is 3. The maximum atomic E-state index is 12.3. The topological polar surface area (TPSA) is 50.4 Å². The van der Waals surface area contributed by atoms with Crippen molar-refractivity contribution in [1.29, 1.82) is 0 Å². The van der Waals surface area contributed by atoms with Crippen LogP contribution in [0.5, 0.6) is 5.75 Å². The molecule has 0 bridgehead atoms. The molecule has 1 heterocycles. The van der Waals surface area contributed by atoms with Crippen molar-refractivity contribution < 1.29 is 9.52 Å². The Morgan fingerprint density at radius 2 is 1.86 bits per heavy atom. The van der Waals surface area contributed by atoms with Gasteiger partial charge >= 0.3 is 0 Å². The maximum absolute atomic E-state index is 12.3. The molecule has 1 N–H and O–H groups in total. The lowest BCUT2D eigenvalue weighted by Gasteiger charge is -2.08. The van der Waals surface area contributed by atoms with Gasteiger partial charge in [0.15, 0.2) is 11.2 Å². The van der Waals surface area contributed by atoms with Crippen LogP contribution in [0.15, 0.2) is 45.6 Å².